The molecule has 3 rings (SSSR count). The number of fused-ring (bicyclic) bond motifs is 1. The molecule has 26 heavy (non-hydrogen) atoms. The average molecular weight is 401 g/mol. The summed E-state index contributed by atoms with van der Waals surface area (Å²) in [6.45, 7) is 1.21. The molecule has 0 spiro atoms. The van der Waals surface area contributed by atoms with E-state index in [4.69, 9.17) is 21.1 Å². The Balaban J connectivity index is 1.62. The van der Waals surface area contributed by atoms with E-state index in [0.29, 0.717) is 42.7 Å². The second kappa shape index (κ2) is 8.55. The number of halogens is 3. The van der Waals surface area contributed by atoms with Crippen molar-refractivity contribution in [2.45, 2.75) is 17.2 Å². The standard InChI is InChI=1S/C17H15ClF2N2O3S/c18-12-8-10(9-13-14(12)25-7-6-24-13)3-5-21-15(23)11-2-1-4-22-16(11)26-17(19)20/h1-2,4,8-9,17H,3,5-7H2,(H,21,23). The summed E-state index contributed by atoms with van der Waals surface area (Å²) in [6, 6.07) is 6.57. The molecule has 1 aliphatic heterocycles. The molecule has 5 nitrogen and oxygen atoms in total. The number of rotatable bonds is 6. The first-order valence-corrected chi connectivity index (χ1v) is 9.06. The molecule has 1 aromatic carbocycles. The third kappa shape index (κ3) is 4.56. The van der Waals surface area contributed by atoms with Crippen molar-refractivity contribution in [3.05, 3.63) is 46.6 Å². The van der Waals surface area contributed by atoms with Crippen molar-refractivity contribution in [2.75, 3.05) is 19.8 Å². The molecule has 0 saturated heterocycles. The van der Waals surface area contributed by atoms with Crippen molar-refractivity contribution in [3.63, 3.8) is 0 Å². The van der Waals surface area contributed by atoms with Crippen LogP contribution >= 0.6 is 23.4 Å². The molecule has 9 heteroatoms. The van der Waals surface area contributed by atoms with Crippen molar-refractivity contribution >= 4 is 29.3 Å². The topological polar surface area (TPSA) is 60.5 Å². The number of alkyl halides is 2. The van der Waals surface area contributed by atoms with Gasteiger partial charge in [-0.15, -0.1) is 0 Å². The number of amides is 1. The van der Waals surface area contributed by atoms with Gasteiger partial charge in [-0.25, -0.2) is 4.98 Å². The maximum absolute atomic E-state index is 12.6. The molecule has 0 saturated carbocycles. The van der Waals surface area contributed by atoms with Crippen LogP contribution in [0.25, 0.3) is 0 Å². The highest BCUT2D eigenvalue weighted by Gasteiger charge is 2.18. The number of hydrogen-bond acceptors (Lipinski definition) is 5. The van der Waals surface area contributed by atoms with Crippen LogP contribution in [0.3, 0.4) is 0 Å². The molecule has 0 unspecified atom stereocenters. The highest BCUT2D eigenvalue weighted by Crippen LogP contribution is 2.38. The Morgan fingerprint density at radius 3 is 2.96 bits per heavy atom. The number of hydrogen-bond donors (Lipinski definition) is 1. The zero-order valence-corrected chi connectivity index (χ0v) is 15.1. The third-order valence-corrected chi connectivity index (χ3v) is 4.58. The Morgan fingerprint density at radius 2 is 2.15 bits per heavy atom. The molecule has 1 N–H and O–H groups in total. The summed E-state index contributed by atoms with van der Waals surface area (Å²) in [5, 5.41) is 3.16. The van der Waals surface area contributed by atoms with E-state index in [1.807, 2.05) is 6.07 Å². The lowest BCUT2D eigenvalue weighted by Crippen LogP contribution is -2.26. The predicted octanol–water partition coefficient (Wildman–Crippen LogP) is 3.79. The van der Waals surface area contributed by atoms with Crippen LogP contribution in [-0.4, -0.2) is 36.4 Å². The van der Waals surface area contributed by atoms with Gasteiger partial charge < -0.3 is 14.8 Å². The number of thioether (sulfide) groups is 1. The van der Waals surface area contributed by atoms with Crippen LogP contribution in [0.4, 0.5) is 8.78 Å². The lowest BCUT2D eigenvalue weighted by Gasteiger charge is -2.20. The fraction of sp³-hybridized carbons (Fsp3) is 0.294. The summed E-state index contributed by atoms with van der Waals surface area (Å²) in [5.74, 6) is -2.00. The number of nitrogens with one attached hydrogen (secondary N) is 1. The minimum absolute atomic E-state index is 0.00220. The van der Waals surface area contributed by atoms with Gasteiger partial charge in [-0.1, -0.05) is 11.6 Å². The minimum atomic E-state index is -2.64. The monoisotopic (exact) mass is 400 g/mol. The summed E-state index contributed by atoms with van der Waals surface area (Å²) < 4.78 is 36.1. The Morgan fingerprint density at radius 1 is 1.35 bits per heavy atom. The van der Waals surface area contributed by atoms with Crippen LogP contribution in [0.1, 0.15) is 15.9 Å². The van der Waals surface area contributed by atoms with Gasteiger partial charge in [0.2, 0.25) is 0 Å². The summed E-state index contributed by atoms with van der Waals surface area (Å²) in [5.41, 5.74) is 0.992. The lowest BCUT2D eigenvalue weighted by atomic mass is 10.1. The molecule has 0 fully saturated rings. The van der Waals surface area contributed by atoms with Gasteiger partial charge in [0.1, 0.15) is 18.2 Å². The molecule has 0 atom stereocenters. The van der Waals surface area contributed by atoms with E-state index >= 15 is 0 Å². The molecule has 2 heterocycles. The number of aromatic nitrogens is 1. The number of carbonyl (C=O) groups is 1. The number of nitrogens with zero attached hydrogens (tertiary/aromatic N) is 1. The van der Waals surface area contributed by atoms with Gasteiger partial charge in [-0.2, -0.15) is 8.78 Å². The van der Waals surface area contributed by atoms with Gasteiger partial charge in [0.25, 0.3) is 11.7 Å². The molecular weight excluding hydrogens is 386 g/mol. The van der Waals surface area contributed by atoms with Crippen LogP contribution in [0, 0.1) is 0 Å². The molecule has 1 amide bonds. The maximum atomic E-state index is 12.6. The SMILES string of the molecule is O=C(NCCc1cc(Cl)c2c(c1)OCCO2)c1cccnc1SC(F)F. The quantitative estimate of drug-likeness (QED) is 0.747. The van der Waals surface area contributed by atoms with Crippen molar-refractivity contribution in [1.82, 2.24) is 10.3 Å². The van der Waals surface area contributed by atoms with Gasteiger partial charge in [0.05, 0.1) is 10.6 Å². The Bertz CT molecular complexity index is 808. The van der Waals surface area contributed by atoms with Gasteiger partial charge in [0.15, 0.2) is 11.5 Å². The highest BCUT2D eigenvalue weighted by atomic mass is 35.5. The Labute approximate surface area is 158 Å². The Hall–Kier alpha value is -2.06. The van der Waals surface area contributed by atoms with Crippen molar-refractivity contribution in [2.24, 2.45) is 0 Å². The van der Waals surface area contributed by atoms with E-state index in [1.54, 1.807) is 6.07 Å². The second-order valence-corrected chi connectivity index (χ2v) is 6.73. The first-order chi connectivity index (χ1) is 12.5. The summed E-state index contributed by atoms with van der Waals surface area (Å²) in [4.78, 5) is 16.1. The molecule has 0 radical (unpaired) electrons. The van der Waals surface area contributed by atoms with E-state index in [0.717, 1.165) is 5.56 Å². The summed E-state index contributed by atoms with van der Waals surface area (Å²) in [6.07, 6.45) is 1.87. The zero-order valence-electron chi connectivity index (χ0n) is 13.5. The van der Waals surface area contributed by atoms with E-state index < -0.39 is 11.7 Å². The van der Waals surface area contributed by atoms with Gasteiger partial charge in [-0.3, -0.25) is 4.79 Å². The fourth-order valence-corrected chi connectivity index (χ4v) is 3.33. The molecular formula is C17H15ClF2N2O3S. The zero-order chi connectivity index (χ0) is 18.5. The van der Waals surface area contributed by atoms with E-state index in [-0.39, 0.29) is 22.4 Å². The predicted molar refractivity (Wildman–Crippen MR) is 94.6 cm³/mol. The first-order valence-electron chi connectivity index (χ1n) is 7.80. The van der Waals surface area contributed by atoms with Crippen molar-refractivity contribution in [3.8, 4) is 11.5 Å². The van der Waals surface area contributed by atoms with E-state index in [2.05, 4.69) is 10.3 Å². The largest absolute Gasteiger partial charge is 0.486 e. The lowest BCUT2D eigenvalue weighted by molar-refractivity contribution is 0.0950. The van der Waals surface area contributed by atoms with Crippen LogP contribution in [0.2, 0.25) is 5.02 Å². The van der Waals surface area contributed by atoms with Gasteiger partial charge >= 0.3 is 0 Å². The van der Waals surface area contributed by atoms with Crippen molar-refractivity contribution in [1.29, 1.82) is 0 Å². The summed E-state index contributed by atoms with van der Waals surface area (Å²) in [7, 11) is 0. The second-order valence-electron chi connectivity index (χ2n) is 5.34. The third-order valence-electron chi connectivity index (χ3n) is 3.57. The number of pyridine rings is 1. The van der Waals surface area contributed by atoms with Crippen LogP contribution < -0.4 is 14.8 Å². The number of benzene rings is 1. The molecule has 0 aliphatic carbocycles. The maximum Gasteiger partial charge on any atom is 0.290 e. The van der Waals surface area contributed by atoms with E-state index in [9.17, 15) is 13.6 Å². The molecule has 138 valence electrons. The minimum Gasteiger partial charge on any atom is -0.486 e. The number of ether oxygens (including phenoxy) is 2. The van der Waals surface area contributed by atoms with Crippen LogP contribution in [0.15, 0.2) is 35.5 Å². The molecule has 0 bridgehead atoms. The van der Waals surface area contributed by atoms with Gasteiger partial charge in [0, 0.05) is 12.7 Å². The highest BCUT2D eigenvalue weighted by molar-refractivity contribution is 7.99. The van der Waals surface area contributed by atoms with Crippen LogP contribution in [0.5, 0.6) is 11.5 Å². The smallest absolute Gasteiger partial charge is 0.290 e. The van der Waals surface area contributed by atoms with Gasteiger partial charge in [-0.05, 0) is 48.0 Å². The molecule has 2 aromatic rings. The molecule has 1 aliphatic rings. The van der Waals surface area contributed by atoms with Crippen LogP contribution in [-0.2, 0) is 6.42 Å². The Kier molecular flexibility index (Phi) is 6.16. The normalized spacial score (nSPS) is 12.9. The van der Waals surface area contributed by atoms with E-state index in [1.165, 1.54) is 18.3 Å². The average Bonchev–Trinajstić information content (AvgIpc) is 2.61. The molecule has 1 aromatic heterocycles. The first kappa shape index (κ1) is 18.7. The summed E-state index contributed by atoms with van der Waals surface area (Å²) >= 11 is 6.43. The fourth-order valence-electron chi connectivity index (χ4n) is 2.47. The van der Waals surface area contributed by atoms with Crippen molar-refractivity contribution < 1.29 is 23.0 Å². The number of carbonyl (C=O) groups excluding carboxylic acids is 1.